The summed E-state index contributed by atoms with van der Waals surface area (Å²) < 4.78 is 29.1. The number of carbonyl (C=O) groups excluding carboxylic acids is 1. The number of carboxylic acid groups (broad SMARTS) is 1. The maximum atomic E-state index is 14.6. The van der Waals surface area contributed by atoms with E-state index in [0.717, 1.165) is 31.4 Å². The number of rotatable bonds is 11. The summed E-state index contributed by atoms with van der Waals surface area (Å²) in [6.45, 7) is 0.488. The van der Waals surface area contributed by atoms with Crippen LogP contribution in [0.3, 0.4) is 0 Å². The van der Waals surface area contributed by atoms with Gasteiger partial charge in [0.1, 0.15) is 6.10 Å². The largest absolute Gasteiger partial charge is 0.481 e. The van der Waals surface area contributed by atoms with Crippen LogP contribution in [0.25, 0.3) is 0 Å². The van der Waals surface area contributed by atoms with Gasteiger partial charge in [-0.05, 0) is 37.8 Å². The van der Waals surface area contributed by atoms with E-state index in [-0.39, 0.29) is 29.0 Å². The monoisotopic (exact) mass is 443 g/mol. The summed E-state index contributed by atoms with van der Waals surface area (Å²) in [4.78, 5) is 24.5. The van der Waals surface area contributed by atoms with Crippen LogP contribution in [0.4, 0.5) is 8.78 Å². The van der Waals surface area contributed by atoms with E-state index >= 15 is 0 Å². The number of carbonyl (C=O) groups is 2. The minimum absolute atomic E-state index is 0.0301. The van der Waals surface area contributed by atoms with Gasteiger partial charge in [0.25, 0.3) is 0 Å². The van der Waals surface area contributed by atoms with Crippen LogP contribution in [-0.2, 0) is 15.5 Å². The fourth-order valence-corrected chi connectivity index (χ4v) is 3.76. The number of halogens is 3. The number of hydrogen-bond donors (Lipinski definition) is 2. The van der Waals surface area contributed by atoms with E-state index in [9.17, 15) is 23.5 Å². The molecule has 0 radical (unpaired) electrons. The third-order valence-corrected chi connectivity index (χ3v) is 5.48. The Bertz CT molecular complexity index is 756. The van der Waals surface area contributed by atoms with Crippen LogP contribution >= 0.6 is 11.6 Å². The first-order valence-corrected chi connectivity index (χ1v) is 10.6. The smallest absolute Gasteiger partial charge is 0.303 e. The lowest BCUT2D eigenvalue weighted by Gasteiger charge is -2.34. The molecule has 1 fully saturated rings. The highest BCUT2D eigenvalue weighted by atomic mass is 35.5. The second-order valence-electron chi connectivity index (χ2n) is 7.57. The third kappa shape index (κ3) is 7.06. The molecule has 0 bridgehead atoms. The minimum atomic E-state index is -3.50. The molecule has 0 saturated carbocycles. The predicted octanol–water partition coefficient (Wildman–Crippen LogP) is 4.77. The molecule has 1 amide bonds. The Morgan fingerprint density at radius 1 is 1.30 bits per heavy atom. The second kappa shape index (κ2) is 11.4. The highest BCUT2D eigenvalue weighted by molar-refractivity contribution is 6.30. The molecule has 1 aromatic rings. The van der Waals surface area contributed by atoms with Crippen molar-refractivity contribution in [3.8, 4) is 0 Å². The highest BCUT2D eigenvalue weighted by Gasteiger charge is 2.39. The van der Waals surface area contributed by atoms with E-state index in [1.165, 1.54) is 24.3 Å². The quantitative estimate of drug-likeness (QED) is 0.381. The van der Waals surface area contributed by atoms with Gasteiger partial charge in [0, 0.05) is 30.0 Å². The molecule has 2 rings (SSSR count). The molecule has 1 aliphatic rings. The number of aliphatic hydroxyl groups is 1. The van der Waals surface area contributed by atoms with Crippen LogP contribution in [0.2, 0.25) is 5.02 Å². The van der Waals surface area contributed by atoms with E-state index in [4.69, 9.17) is 16.7 Å². The maximum Gasteiger partial charge on any atom is 0.303 e. The van der Waals surface area contributed by atoms with Crippen molar-refractivity contribution in [3.05, 3.63) is 47.0 Å². The number of piperidine rings is 1. The van der Waals surface area contributed by atoms with Gasteiger partial charge >= 0.3 is 11.9 Å². The summed E-state index contributed by atoms with van der Waals surface area (Å²) >= 11 is 5.78. The van der Waals surface area contributed by atoms with Crippen LogP contribution in [0.1, 0.15) is 56.9 Å². The third-order valence-electron chi connectivity index (χ3n) is 5.25. The van der Waals surface area contributed by atoms with Crippen molar-refractivity contribution in [1.29, 1.82) is 0 Å². The Hall–Kier alpha value is -1.99. The Morgan fingerprint density at radius 3 is 2.73 bits per heavy atom. The number of carboxylic acids is 1. The van der Waals surface area contributed by atoms with Crippen LogP contribution in [0.15, 0.2) is 36.4 Å². The van der Waals surface area contributed by atoms with Gasteiger partial charge in [-0.3, -0.25) is 9.59 Å². The van der Waals surface area contributed by atoms with Crippen molar-refractivity contribution in [1.82, 2.24) is 4.90 Å². The molecule has 1 saturated heterocycles. The first-order valence-electron chi connectivity index (χ1n) is 10.2. The zero-order chi connectivity index (χ0) is 22.1. The molecule has 0 aliphatic carbocycles. The van der Waals surface area contributed by atoms with Gasteiger partial charge in [-0.25, -0.2) is 0 Å². The normalized spacial score (nSPS) is 18.7. The molecule has 1 aromatic carbocycles. The van der Waals surface area contributed by atoms with E-state index in [1.807, 2.05) is 0 Å². The Morgan fingerprint density at radius 2 is 2.03 bits per heavy atom. The summed E-state index contributed by atoms with van der Waals surface area (Å²) in [7, 11) is 0. The Kier molecular flexibility index (Phi) is 9.24. The van der Waals surface area contributed by atoms with Gasteiger partial charge in [-0.15, -0.1) is 0 Å². The van der Waals surface area contributed by atoms with Gasteiger partial charge < -0.3 is 15.1 Å². The van der Waals surface area contributed by atoms with Crippen molar-refractivity contribution in [2.75, 3.05) is 6.54 Å². The average Bonchev–Trinajstić information content (AvgIpc) is 2.69. The molecule has 2 N–H and O–H groups in total. The number of benzene rings is 1. The first kappa shape index (κ1) is 24.3. The zero-order valence-electron chi connectivity index (χ0n) is 16.8. The SMILES string of the molecule is O=C(O)CCCCCCN1C(=O)CCC[C@@H]1/C=C/[C@@H](O)C(F)(F)c1cccc(Cl)c1. The predicted molar refractivity (Wildman–Crippen MR) is 111 cm³/mol. The minimum Gasteiger partial charge on any atom is -0.481 e. The lowest BCUT2D eigenvalue weighted by atomic mass is 9.98. The van der Waals surface area contributed by atoms with Crippen molar-refractivity contribution in [2.24, 2.45) is 0 Å². The molecule has 0 unspecified atom stereocenters. The number of likely N-dealkylation sites (tertiary alicyclic amines) is 1. The molecule has 30 heavy (non-hydrogen) atoms. The van der Waals surface area contributed by atoms with Crippen LogP contribution in [0.5, 0.6) is 0 Å². The first-order chi connectivity index (χ1) is 14.2. The number of aliphatic hydroxyl groups excluding tert-OH is 1. The average molecular weight is 444 g/mol. The van der Waals surface area contributed by atoms with E-state index in [1.54, 1.807) is 4.90 Å². The van der Waals surface area contributed by atoms with E-state index in [2.05, 4.69) is 0 Å². The molecule has 8 heteroatoms. The number of aliphatic carboxylic acids is 1. The highest BCUT2D eigenvalue weighted by Crippen LogP contribution is 2.34. The lowest BCUT2D eigenvalue weighted by Crippen LogP contribution is -2.43. The fourth-order valence-electron chi connectivity index (χ4n) is 3.57. The van der Waals surface area contributed by atoms with Crippen molar-refractivity contribution >= 4 is 23.5 Å². The van der Waals surface area contributed by atoms with Gasteiger partial charge in [-0.1, -0.05) is 48.7 Å². The number of alkyl halides is 2. The molecule has 2 atom stereocenters. The fraction of sp³-hybridized carbons (Fsp3) is 0.545. The Labute approximate surface area is 180 Å². The molecular weight excluding hydrogens is 416 g/mol. The molecule has 166 valence electrons. The zero-order valence-corrected chi connectivity index (χ0v) is 17.5. The van der Waals surface area contributed by atoms with Crippen molar-refractivity contribution in [2.45, 2.75) is 69.4 Å². The van der Waals surface area contributed by atoms with E-state index < -0.39 is 18.0 Å². The standard InChI is InChI=1S/C22H28ClF2NO4/c23-17-8-5-7-16(15-17)22(24,25)19(27)13-12-18-9-6-10-20(28)26(18)14-4-2-1-3-11-21(29)30/h5,7-8,12-13,15,18-19,27H,1-4,6,9-11,14H2,(H,29,30)/b13-12+/t18-,19-/m1/s1. The lowest BCUT2D eigenvalue weighted by molar-refractivity contribution is -0.137. The molecule has 0 spiro atoms. The van der Waals surface area contributed by atoms with E-state index in [0.29, 0.717) is 32.2 Å². The van der Waals surface area contributed by atoms with Crippen LogP contribution in [0, 0.1) is 0 Å². The number of amides is 1. The summed E-state index contributed by atoms with van der Waals surface area (Å²) in [6, 6.07) is 4.88. The van der Waals surface area contributed by atoms with Crippen molar-refractivity contribution in [3.63, 3.8) is 0 Å². The van der Waals surface area contributed by atoms with Crippen LogP contribution < -0.4 is 0 Å². The van der Waals surface area contributed by atoms with Gasteiger partial charge in [0.05, 0.1) is 6.04 Å². The maximum absolute atomic E-state index is 14.6. The molecule has 1 aliphatic heterocycles. The Balaban J connectivity index is 1.95. The summed E-state index contributed by atoms with van der Waals surface area (Å²) in [5.41, 5.74) is -0.370. The summed E-state index contributed by atoms with van der Waals surface area (Å²) in [5.74, 6) is -4.35. The number of unbranched alkanes of at least 4 members (excludes halogenated alkanes) is 3. The summed E-state index contributed by atoms with van der Waals surface area (Å²) in [5, 5.41) is 18.9. The second-order valence-corrected chi connectivity index (χ2v) is 8.00. The van der Waals surface area contributed by atoms with Gasteiger partial charge in [0.15, 0.2) is 0 Å². The molecular formula is C22H28ClF2NO4. The number of nitrogens with zero attached hydrogens (tertiary/aromatic N) is 1. The van der Waals surface area contributed by atoms with Gasteiger partial charge in [-0.2, -0.15) is 8.78 Å². The molecule has 1 heterocycles. The summed E-state index contributed by atoms with van der Waals surface area (Å²) in [6.07, 6.45) is 5.26. The topological polar surface area (TPSA) is 77.8 Å². The molecule has 0 aromatic heterocycles. The number of hydrogen-bond acceptors (Lipinski definition) is 3. The van der Waals surface area contributed by atoms with Crippen LogP contribution in [-0.4, -0.2) is 45.7 Å². The molecule has 5 nitrogen and oxygen atoms in total. The van der Waals surface area contributed by atoms with Crippen molar-refractivity contribution < 1.29 is 28.6 Å². The van der Waals surface area contributed by atoms with Gasteiger partial charge in [0.2, 0.25) is 5.91 Å².